The lowest BCUT2D eigenvalue weighted by molar-refractivity contribution is -0.157. The van der Waals surface area contributed by atoms with Crippen LogP contribution in [0.5, 0.6) is 0 Å². The number of amides is 2. The van der Waals surface area contributed by atoms with E-state index < -0.39 is 43.1 Å². The van der Waals surface area contributed by atoms with Crippen molar-refractivity contribution in [3.63, 3.8) is 0 Å². The summed E-state index contributed by atoms with van der Waals surface area (Å²) >= 11 is 1.66. The third kappa shape index (κ3) is 6.04. The molecular weight excluding hydrogens is 440 g/mol. The molecule has 2 saturated heterocycles. The number of hydrogen-bond acceptors (Lipinski definition) is 8. The third-order valence-electron chi connectivity index (χ3n) is 5.66. The number of carboxylic acid groups (broad SMARTS) is 1. The maximum absolute atomic E-state index is 13.5. The Morgan fingerprint density at radius 2 is 1.97 bits per heavy atom. The first kappa shape index (κ1) is 24.1. The number of nitrogens with zero attached hydrogens (tertiary/aromatic N) is 2. The zero-order chi connectivity index (χ0) is 23.1. The number of aliphatic carboxylic acids is 1. The van der Waals surface area contributed by atoms with Gasteiger partial charge >= 0.3 is 11.9 Å². The molecule has 0 spiro atoms. The van der Waals surface area contributed by atoms with Crippen molar-refractivity contribution in [2.24, 2.45) is 0 Å². The maximum atomic E-state index is 13.5. The molecule has 3 unspecified atom stereocenters. The van der Waals surface area contributed by atoms with Gasteiger partial charge in [0, 0.05) is 18.3 Å². The molecule has 11 heteroatoms. The minimum absolute atomic E-state index is 0.122. The zero-order valence-electron chi connectivity index (χ0n) is 17.9. The average Bonchev–Trinajstić information content (AvgIpc) is 3.48. The molecule has 10 nitrogen and oxygen atoms in total. The van der Waals surface area contributed by atoms with Crippen molar-refractivity contribution in [1.29, 1.82) is 0 Å². The number of esters is 1. The first-order valence-corrected chi connectivity index (χ1v) is 11.6. The van der Waals surface area contributed by atoms with Gasteiger partial charge < -0.3 is 28.8 Å². The van der Waals surface area contributed by atoms with E-state index in [4.69, 9.17) is 19.0 Å². The molecule has 0 aromatic carbocycles. The smallest absolute Gasteiger partial charge is 0.329 e. The van der Waals surface area contributed by atoms with E-state index >= 15 is 0 Å². The number of carbonyl (C=O) groups is 4. The van der Waals surface area contributed by atoms with E-state index in [1.807, 2.05) is 12.1 Å². The van der Waals surface area contributed by atoms with Crippen LogP contribution in [0.4, 0.5) is 0 Å². The lowest BCUT2D eigenvalue weighted by Gasteiger charge is -2.40. The summed E-state index contributed by atoms with van der Waals surface area (Å²) < 4.78 is 15.2. The second-order valence-corrected chi connectivity index (χ2v) is 9.03. The molecule has 0 radical (unpaired) electrons. The standard InChI is InChI=1S/C21H28N2O8S/c1-29-21(28)16-5-2-7-23(16)20(27)17-10-15(32-13-14-4-3-9-31-14)6-8-22(17)18(24)11-30-12-19(25)26/h3-4,9,15-17H,2,5-8,10-13H2,1H3,(H,25,26). The van der Waals surface area contributed by atoms with Crippen LogP contribution in [0.3, 0.4) is 0 Å². The first-order chi connectivity index (χ1) is 15.4. The molecule has 0 aliphatic carbocycles. The number of ether oxygens (including phenoxy) is 2. The predicted octanol–water partition coefficient (Wildman–Crippen LogP) is 1.14. The van der Waals surface area contributed by atoms with E-state index in [0.29, 0.717) is 44.5 Å². The Bertz CT molecular complexity index is 815. The normalized spacial score (nSPS) is 23.2. The fourth-order valence-corrected chi connectivity index (χ4v) is 5.28. The molecular formula is C21H28N2O8S. The van der Waals surface area contributed by atoms with Crippen molar-refractivity contribution in [2.45, 2.75) is 48.8 Å². The van der Waals surface area contributed by atoms with Crippen LogP contribution in [0.1, 0.15) is 31.4 Å². The average molecular weight is 469 g/mol. The van der Waals surface area contributed by atoms with Crippen molar-refractivity contribution in [3.8, 4) is 0 Å². The highest BCUT2D eigenvalue weighted by Gasteiger charge is 2.43. The molecule has 2 aliphatic heterocycles. The molecule has 2 amide bonds. The van der Waals surface area contributed by atoms with Gasteiger partial charge in [-0.1, -0.05) is 0 Å². The summed E-state index contributed by atoms with van der Waals surface area (Å²) in [6, 6.07) is 2.31. The Morgan fingerprint density at radius 1 is 1.16 bits per heavy atom. The van der Waals surface area contributed by atoms with Crippen LogP contribution in [0.25, 0.3) is 0 Å². The van der Waals surface area contributed by atoms with Gasteiger partial charge in [-0.15, -0.1) is 0 Å². The number of piperidine rings is 1. The second-order valence-electron chi connectivity index (χ2n) is 7.74. The Labute approximate surface area is 190 Å². The van der Waals surface area contributed by atoms with Crippen molar-refractivity contribution < 1.29 is 38.2 Å². The number of furan rings is 1. The molecule has 0 bridgehead atoms. The first-order valence-electron chi connectivity index (χ1n) is 10.5. The van der Waals surface area contributed by atoms with Crippen LogP contribution in [-0.2, 0) is 34.4 Å². The summed E-state index contributed by atoms with van der Waals surface area (Å²) in [7, 11) is 1.29. The number of methoxy groups -OCH3 is 1. The van der Waals surface area contributed by atoms with E-state index in [1.54, 1.807) is 18.0 Å². The lowest BCUT2D eigenvalue weighted by Crippen LogP contribution is -2.57. The van der Waals surface area contributed by atoms with E-state index in [9.17, 15) is 19.2 Å². The third-order valence-corrected chi connectivity index (χ3v) is 7.01. The molecule has 3 heterocycles. The largest absolute Gasteiger partial charge is 0.480 e. The monoisotopic (exact) mass is 468 g/mol. The van der Waals surface area contributed by atoms with Gasteiger partial charge in [0.2, 0.25) is 11.8 Å². The quantitative estimate of drug-likeness (QED) is 0.531. The minimum atomic E-state index is -1.17. The number of carbonyl (C=O) groups excluding carboxylic acids is 3. The summed E-state index contributed by atoms with van der Waals surface area (Å²) in [5.74, 6) is -0.859. The van der Waals surface area contributed by atoms with Crippen molar-refractivity contribution in [1.82, 2.24) is 9.80 Å². The van der Waals surface area contributed by atoms with Gasteiger partial charge in [-0.3, -0.25) is 9.59 Å². The molecule has 2 aliphatic rings. The van der Waals surface area contributed by atoms with Gasteiger partial charge in [-0.2, -0.15) is 11.8 Å². The summed E-state index contributed by atoms with van der Waals surface area (Å²) in [6.07, 6.45) is 3.93. The highest BCUT2D eigenvalue weighted by Crippen LogP contribution is 2.32. The summed E-state index contributed by atoms with van der Waals surface area (Å²) in [5.41, 5.74) is 0. The highest BCUT2D eigenvalue weighted by atomic mass is 32.2. The van der Waals surface area contributed by atoms with Crippen LogP contribution in [-0.4, -0.2) is 89.4 Å². The highest BCUT2D eigenvalue weighted by molar-refractivity contribution is 7.99. The molecule has 2 fully saturated rings. The Balaban J connectivity index is 1.70. The molecule has 3 atom stereocenters. The molecule has 0 saturated carbocycles. The van der Waals surface area contributed by atoms with E-state index in [0.717, 1.165) is 5.76 Å². The fourth-order valence-electron chi connectivity index (χ4n) is 4.12. The van der Waals surface area contributed by atoms with E-state index in [1.165, 1.54) is 16.9 Å². The van der Waals surface area contributed by atoms with Crippen LogP contribution < -0.4 is 0 Å². The SMILES string of the molecule is COC(=O)C1CCCN1C(=O)C1CC(SCc2ccco2)CCN1C(=O)COCC(=O)O. The molecule has 1 N–H and O–H groups in total. The fraction of sp³-hybridized carbons (Fsp3) is 0.619. The van der Waals surface area contributed by atoms with Crippen molar-refractivity contribution in [3.05, 3.63) is 24.2 Å². The molecule has 176 valence electrons. The van der Waals surface area contributed by atoms with Crippen LogP contribution in [0.15, 0.2) is 22.8 Å². The van der Waals surface area contributed by atoms with E-state index in [2.05, 4.69) is 0 Å². The molecule has 1 aromatic heterocycles. The summed E-state index contributed by atoms with van der Waals surface area (Å²) in [6.45, 7) is -0.230. The lowest BCUT2D eigenvalue weighted by atomic mass is 9.99. The Hall–Kier alpha value is -2.53. The zero-order valence-corrected chi connectivity index (χ0v) is 18.8. The molecule has 32 heavy (non-hydrogen) atoms. The van der Waals surface area contributed by atoms with Gasteiger partial charge in [-0.25, -0.2) is 9.59 Å². The van der Waals surface area contributed by atoms with Gasteiger partial charge in [-0.05, 0) is 37.8 Å². The van der Waals surface area contributed by atoms with Crippen LogP contribution in [0, 0.1) is 0 Å². The molecule has 1 aromatic rings. The number of likely N-dealkylation sites (tertiary alicyclic amines) is 2. The minimum Gasteiger partial charge on any atom is -0.480 e. The number of carboxylic acids is 1. The number of hydrogen-bond donors (Lipinski definition) is 1. The topological polar surface area (TPSA) is 127 Å². The number of thioether (sulfide) groups is 1. The Kier molecular flexibility index (Phi) is 8.57. The van der Waals surface area contributed by atoms with Crippen molar-refractivity contribution in [2.75, 3.05) is 33.4 Å². The van der Waals surface area contributed by atoms with Crippen LogP contribution >= 0.6 is 11.8 Å². The van der Waals surface area contributed by atoms with E-state index in [-0.39, 0.29) is 11.2 Å². The maximum Gasteiger partial charge on any atom is 0.329 e. The van der Waals surface area contributed by atoms with Gasteiger partial charge in [0.05, 0.1) is 19.1 Å². The van der Waals surface area contributed by atoms with Gasteiger partial charge in [0.1, 0.15) is 31.1 Å². The van der Waals surface area contributed by atoms with Crippen LogP contribution in [0.2, 0.25) is 0 Å². The predicted molar refractivity (Wildman–Crippen MR) is 114 cm³/mol. The second kappa shape index (κ2) is 11.4. The Morgan fingerprint density at radius 3 is 2.66 bits per heavy atom. The number of rotatable bonds is 9. The van der Waals surface area contributed by atoms with Crippen molar-refractivity contribution >= 4 is 35.5 Å². The molecule has 3 rings (SSSR count). The van der Waals surface area contributed by atoms with Gasteiger partial charge in [0.25, 0.3) is 0 Å². The van der Waals surface area contributed by atoms with Gasteiger partial charge in [0.15, 0.2) is 0 Å². The summed E-state index contributed by atoms with van der Waals surface area (Å²) in [5, 5.41) is 8.85. The summed E-state index contributed by atoms with van der Waals surface area (Å²) in [4.78, 5) is 52.0.